The predicted molar refractivity (Wildman–Crippen MR) is 80.6 cm³/mol. The third-order valence-corrected chi connectivity index (χ3v) is 4.24. The first-order valence-corrected chi connectivity index (χ1v) is 7.80. The molecule has 1 aliphatic rings. The van der Waals surface area contributed by atoms with Crippen molar-refractivity contribution in [2.75, 3.05) is 5.73 Å². The maximum Gasteiger partial charge on any atom is 0.355 e. The number of anilines is 1. The predicted octanol–water partition coefficient (Wildman–Crippen LogP) is 3.61. The van der Waals surface area contributed by atoms with Crippen LogP contribution in [0.5, 0.6) is 0 Å². The van der Waals surface area contributed by atoms with Gasteiger partial charge in [0.25, 0.3) is 0 Å². The summed E-state index contributed by atoms with van der Waals surface area (Å²) in [7, 11) is 0. The number of nitrogens with two attached hydrogens (primary N) is 1. The van der Waals surface area contributed by atoms with Gasteiger partial charge in [-0.2, -0.15) is 0 Å². The number of carbonyl (C=O) groups excluding carboxylic acids is 1. The largest absolute Gasteiger partial charge is 0.458 e. The van der Waals surface area contributed by atoms with E-state index in [4.69, 9.17) is 10.5 Å². The van der Waals surface area contributed by atoms with Crippen molar-refractivity contribution in [3.8, 4) is 0 Å². The highest BCUT2D eigenvalue weighted by Crippen LogP contribution is 2.28. The number of carbonyl (C=O) groups is 1. The van der Waals surface area contributed by atoms with E-state index in [1.54, 1.807) is 6.07 Å². The normalized spacial score (nSPS) is 22.7. The summed E-state index contributed by atoms with van der Waals surface area (Å²) in [5, 5.41) is 0. The fraction of sp³-hybridized carbons (Fsp3) is 0.688. The van der Waals surface area contributed by atoms with Crippen LogP contribution in [0.15, 0.2) is 12.3 Å². The fourth-order valence-electron chi connectivity index (χ4n) is 3.00. The molecule has 1 fully saturated rings. The van der Waals surface area contributed by atoms with Gasteiger partial charge >= 0.3 is 5.97 Å². The molecule has 2 rings (SSSR count). The maximum absolute atomic E-state index is 12.3. The smallest absolute Gasteiger partial charge is 0.355 e. The molecule has 1 aliphatic carbocycles. The number of hydrogen-bond donors (Lipinski definition) is 1. The van der Waals surface area contributed by atoms with E-state index in [1.165, 1.54) is 19.3 Å². The molecule has 0 amide bonds. The average Bonchev–Trinajstić information content (AvgIpc) is 2.81. The first-order chi connectivity index (χ1) is 9.63. The summed E-state index contributed by atoms with van der Waals surface area (Å²) in [6.45, 7) is 5.11. The van der Waals surface area contributed by atoms with E-state index in [9.17, 15) is 4.79 Å². The molecule has 4 heteroatoms. The number of aryl methyl sites for hydroxylation is 1. The van der Waals surface area contributed by atoms with Crippen LogP contribution in [0.1, 0.15) is 62.9 Å². The van der Waals surface area contributed by atoms with E-state index in [0.29, 0.717) is 11.4 Å². The Balaban J connectivity index is 1.95. The van der Waals surface area contributed by atoms with Crippen LogP contribution < -0.4 is 5.73 Å². The number of hydrogen-bond acceptors (Lipinski definition) is 3. The van der Waals surface area contributed by atoms with E-state index in [-0.39, 0.29) is 12.1 Å². The molecule has 1 aromatic rings. The summed E-state index contributed by atoms with van der Waals surface area (Å²) in [6, 6.07) is 1.72. The number of aromatic nitrogens is 1. The third kappa shape index (κ3) is 3.56. The molecule has 1 heterocycles. The summed E-state index contributed by atoms with van der Waals surface area (Å²) in [4.78, 5) is 12.3. The summed E-state index contributed by atoms with van der Waals surface area (Å²) in [6.07, 6.45) is 8.43. The van der Waals surface area contributed by atoms with Crippen LogP contribution in [0.25, 0.3) is 0 Å². The zero-order valence-corrected chi connectivity index (χ0v) is 12.6. The Morgan fingerprint density at radius 3 is 2.65 bits per heavy atom. The quantitative estimate of drug-likeness (QED) is 0.837. The van der Waals surface area contributed by atoms with Crippen molar-refractivity contribution < 1.29 is 9.53 Å². The van der Waals surface area contributed by atoms with Gasteiger partial charge in [-0.3, -0.25) is 0 Å². The Morgan fingerprint density at radius 1 is 1.35 bits per heavy atom. The minimum Gasteiger partial charge on any atom is -0.458 e. The summed E-state index contributed by atoms with van der Waals surface area (Å²) in [5.41, 5.74) is 7.00. The van der Waals surface area contributed by atoms with Crippen LogP contribution in [0.4, 0.5) is 5.69 Å². The van der Waals surface area contributed by atoms with Crippen LogP contribution >= 0.6 is 0 Å². The highest BCUT2D eigenvalue weighted by molar-refractivity contribution is 5.89. The molecule has 0 spiro atoms. The van der Waals surface area contributed by atoms with Gasteiger partial charge in [0.2, 0.25) is 0 Å². The van der Waals surface area contributed by atoms with Gasteiger partial charge < -0.3 is 15.0 Å². The second kappa shape index (κ2) is 6.82. The first-order valence-electron chi connectivity index (χ1n) is 7.80. The van der Waals surface area contributed by atoms with E-state index in [2.05, 4.69) is 13.8 Å². The van der Waals surface area contributed by atoms with E-state index < -0.39 is 0 Å². The Morgan fingerprint density at radius 2 is 2.05 bits per heavy atom. The monoisotopic (exact) mass is 278 g/mol. The maximum atomic E-state index is 12.3. The molecular weight excluding hydrogens is 252 g/mol. The number of rotatable bonds is 5. The van der Waals surface area contributed by atoms with Crippen LogP contribution in [0, 0.1) is 5.92 Å². The van der Waals surface area contributed by atoms with Gasteiger partial charge in [-0.25, -0.2) is 4.79 Å². The summed E-state index contributed by atoms with van der Waals surface area (Å²) >= 11 is 0. The third-order valence-electron chi connectivity index (χ3n) is 4.24. The summed E-state index contributed by atoms with van der Waals surface area (Å²) in [5.74, 6) is 0.583. The minimum atomic E-state index is -0.227. The van der Waals surface area contributed by atoms with Crippen molar-refractivity contribution in [1.82, 2.24) is 4.57 Å². The van der Waals surface area contributed by atoms with Crippen LogP contribution in [-0.4, -0.2) is 16.6 Å². The number of esters is 1. The van der Waals surface area contributed by atoms with Crippen molar-refractivity contribution in [2.45, 2.75) is 65.0 Å². The zero-order valence-electron chi connectivity index (χ0n) is 12.6. The van der Waals surface area contributed by atoms with Crippen LogP contribution in [-0.2, 0) is 11.3 Å². The minimum absolute atomic E-state index is 0.0801. The van der Waals surface area contributed by atoms with E-state index >= 15 is 0 Å². The van der Waals surface area contributed by atoms with Gasteiger partial charge in [-0.05, 0) is 44.1 Å². The van der Waals surface area contributed by atoms with Crippen molar-refractivity contribution in [2.24, 2.45) is 5.92 Å². The topological polar surface area (TPSA) is 57.2 Å². The van der Waals surface area contributed by atoms with Gasteiger partial charge in [0.15, 0.2) is 0 Å². The van der Waals surface area contributed by atoms with Gasteiger partial charge in [0.05, 0.1) is 5.69 Å². The molecule has 0 saturated heterocycles. The molecule has 0 atom stereocenters. The number of nitrogen functional groups attached to an aromatic ring is 1. The molecule has 4 nitrogen and oxygen atoms in total. The zero-order chi connectivity index (χ0) is 14.5. The lowest BCUT2D eigenvalue weighted by Gasteiger charge is -2.27. The van der Waals surface area contributed by atoms with Gasteiger partial charge in [0, 0.05) is 12.7 Å². The first kappa shape index (κ1) is 14.9. The second-order valence-corrected chi connectivity index (χ2v) is 5.81. The Hall–Kier alpha value is -1.45. The lowest BCUT2D eigenvalue weighted by molar-refractivity contribution is 0.0153. The van der Waals surface area contributed by atoms with Gasteiger partial charge in [-0.1, -0.05) is 20.3 Å². The van der Waals surface area contributed by atoms with E-state index in [0.717, 1.165) is 31.7 Å². The SMILES string of the molecule is CCCn1cc(N)cc1C(=O)OC1CCC(CC)CC1. The van der Waals surface area contributed by atoms with Crippen molar-refractivity contribution in [1.29, 1.82) is 0 Å². The molecule has 0 radical (unpaired) electrons. The van der Waals surface area contributed by atoms with Gasteiger partial charge in [0.1, 0.15) is 11.8 Å². The van der Waals surface area contributed by atoms with Crippen LogP contribution in [0.2, 0.25) is 0 Å². The Labute approximate surface area is 121 Å². The fourth-order valence-corrected chi connectivity index (χ4v) is 3.00. The summed E-state index contributed by atoms with van der Waals surface area (Å²) < 4.78 is 7.55. The molecule has 112 valence electrons. The molecule has 20 heavy (non-hydrogen) atoms. The number of nitrogens with zero attached hydrogens (tertiary/aromatic N) is 1. The standard InChI is InChI=1S/C16H26N2O2/c1-3-9-18-11-13(17)10-15(18)16(19)20-14-7-5-12(4-2)6-8-14/h10-12,14H,3-9,17H2,1-2H3. The molecule has 0 aliphatic heterocycles. The molecule has 1 saturated carbocycles. The molecule has 0 unspecified atom stereocenters. The molecule has 0 aromatic carbocycles. The highest BCUT2D eigenvalue weighted by Gasteiger charge is 2.24. The lowest BCUT2D eigenvalue weighted by atomic mass is 9.86. The molecular formula is C16H26N2O2. The van der Waals surface area contributed by atoms with Crippen molar-refractivity contribution in [3.63, 3.8) is 0 Å². The Kier molecular flexibility index (Phi) is 5.10. The van der Waals surface area contributed by atoms with E-state index in [1.807, 2.05) is 10.8 Å². The van der Waals surface area contributed by atoms with Crippen molar-refractivity contribution in [3.05, 3.63) is 18.0 Å². The lowest BCUT2D eigenvalue weighted by Crippen LogP contribution is -2.25. The second-order valence-electron chi connectivity index (χ2n) is 5.81. The van der Waals surface area contributed by atoms with Crippen molar-refractivity contribution >= 4 is 11.7 Å². The molecule has 0 bridgehead atoms. The Bertz CT molecular complexity index is 445. The van der Waals surface area contributed by atoms with Crippen LogP contribution in [0.3, 0.4) is 0 Å². The number of ether oxygens (including phenoxy) is 1. The average molecular weight is 278 g/mol. The van der Waals surface area contributed by atoms with Gasteiger partial charge in [-0.15, -0.1) is 0 Å². The highest BCUT2D eigenvalue weighted by atomic mass is 16.5. The molecule has 1 aromatic heterocycles. The molecule has 2 N–H and O–H groups in total.